The minimum Gasteiger partial charge on any atom is -0.508 e. The van der Waals surface area contributed by atoms with Crippen LogP contribution in [0.2, 0.25) is 10.0 Å². The highest BCUT2D eigenvalue weighted by atomic mass is 35.5. The third-order valence-electron chi connectivity index (χ3n) is 2.96. The van der Waals surface area contributed by atoms with Gasteiger partial charge in [-0.3, -0.25) is 0 Å². The van der Waals surface area contributed by atoms with Gasteiger partial charge in [0.05, 0.1) is 16.1 Å². The van der Waals surface area contributed by atoms with Crippen molar-refractivity contribution in [3.63, 3.8) is 0 Å². The van der Waals surface area contributed by atoms with Crippen molar-refractivity contribution in [2.24, 2.45) is 0 Å². The van der Waals surface area contributed by atoms with Crippen molar-refractivity contribution in [2.45, 2.75) is 19.9 Å². The van der Waals surface area contributed by atoms with Crippen LogP contribution in [-0.2, 0) is 0 Å². The van der Waals surface area contributed by atoms with Gasteiger partial charge < -0.3 is 10.4 Å². The standard InChI is InChI=1S/C15H15Cl2NO/c1-9-3-5-12(15(19)7-9)10(2)18-11-4-6-13(16)14(17)8-11/h3-8,10,18-19H,1-2H3. The minimum atomic E-state index is -0.0298. The number of halogens is 2. The van der Waals surface area contributed by atoms with Crippen LogP contribution in [0.3, 0.4) is 0 Å². The molecule has 0 fully saturated rings. The average molecular weight is 296 g/mol. The van der Waals surface area contributed by atoms with Gasteiger partial charge in [-0.25, -0.2) is 0 Å². The van der Waals surface area contributed by atoms with Gasteiger partial charge in [0, 0.05) is 11.3 Å². The summed E-state index contributed by atoms with van der Waals surface area (Å²) in [7, 11) is 0. The Labute approximate surface area is 123 Å². The van der Waals surface area contributed by atoms with Crippen LogP contribution in [0.15, 0.2) is 36.4 Å². The van der Waals surface area contributed by atoms with E-state index in [-0.39, 0.29) is 6.04 Å². The Hall–Kier alpha value is -1.38. The first-order chi connectivity index (χ1) is 8.97. The fourth-order valence-electron chi connectivity index (χ4n) is 1.93. The van der Waals surface area contributed by atoms with E-state index in [0.29, 0.717) is 15.8 Å². The van der Waals surface area contributed by atoms with E-state index in [2.05, 4.69) is 5.32 Å². The second-order valence-corrected chi connectivity index (χ2v) is 5.37. The van der Waals surface area contributed by atoms with Crippen molar-refractivity contribution in [1.29, 1.82) is 0 Å². The van der Waals surface area contributed by atoms with Gasteiger partial charge in [-0.2, -0.15) is 0 Å². The third-order valence-corrected chi connectivity index (χ3v) is 3.69. The highest BCUT2D eigenvalue weighted by Crippen LogP contribution is 2.30. The zero-order chi connectivity index (χ0) is 14.0. The summed E-state index contributed by atoms with van der Waals surface area (Å²) < 4.78 is 0. The molecule has 0 aliphatic carbocycles. The van der Waals surface area contributed by atoms with Crippen LogP contribution in [0.1, 0.15) is 24.1 Å². The summed E-state index contributed by atoms with van der Waals surface area (Å²) >= 11 is 11.9. The molecule has 2 aromatic rings. The van der Waals surface area contributed by atoms with Crippen LogP contribution < -0.4 is 5.32 Å². The summed E-state index contributed by atoms with van der Waals surface area (Å²) in [4.78, 5) is 0. The van der Waals surface area contributed by atoms with Crippen molar-refractivity contribution < 1.29 is 5.11 Å². The van der Waals surface area contributed by atoms with Gasteiger partial charge in [-0.1, -0.05) is 35.3 Å². The number of anilines is 1. The largest absolute Gasteiger partial charge is 0.508 e. The number of phenols is 1. The van der Waals surface area contributed by atoms with Crippen LogP contribution >= 0.6 is 23.2 Å². The summed E-state index contributed by atoms with van der Waals surface area (Å²) in [5, 5.41) is 14.3. The van der Waals surface area contributed by atoms with Crippen molar-refractivity contribution in [3.05, 3.63) is 57.6 Å². The van der Waals surface area contributed by atoms with Gasteiger partial charge in [0.15, 0.2) is 0 Å². The lowest BCUT2D eigenvalue weighted by atomic mass is 10.0. The summed E-state index contributed by atoms with van der Waals surface area (Å²) in [6.07, 6.45) is 0. The molecule has 0 radical (unpaired) electrons. The quantitative estimate of drug-likeness (QED) is 0.818. The Morgan fingerprint density at radius 2 is 1.79 bits per heavy atom. The Morgan fingerprint density at radius 1 is 1.05 bits per heavy atom. The van der Waals surface area contributed by atoms with Crippen molar-refractivity contribution in [2.75, 3.05) is 5.32 Å². The fourth-order valence-corrected chi connectivity index (χ4v) is 2.23. The van der Waals surface area contributed by atoms with Crippen molar-refractivity contribution >= 4 is 28.9 Å². The molecule has 0 spiro atoms. The molecule has 1 atom stereocenters. The van der Waals surface area contributed by atoms with E-state index >= 15 is 0 Å². The lowest BCUT2D eigenvalue weighted by molar-refractivity contribution is 0.465. The van der Waals surface area contributed by atoms with Crippen molar-refractivity contribution in [3.8, 4) is 5.75 Å². The number of rotatable bonds is 3. The molecule has 100 valence electrons. The van der Waals surface area contributed by atoms with E-state index in [0.717, 1.165) is 16.8 Å². The van der Waals surface area contributed by atoms with Gasteiger partial charge in [-0.05, 0) is 43.7 Å². The molecule has 0 aromatic heterocycles. The predicted octanol–water partition coefficient (Wildman–Crippen LogP) is 5.18. The van der Waals surface area contributed by atoms with Crippen LogP contribution in [-0.4, -0.2) is 5.11 Å². The normalized spacial score (nSPS) is 12.2. The number of benzene rings is 2. The molecule has 0 heterocycles. The maximum Gasteiger partial charge on any atom is 0.121 e. The molecular weight excluding hydrogens is 281 g/mol. The highest BCUT2D eigenvalue weighted by Gasteiger charge is 2.10. The lowest BCUT2D eigenvalue weighted by Gasteiger charge is -2.17. The number of nitrogens with one attached hydrogen (secondary N) is 1. The molecule has 0 amide bonds. The lowest BCUT2D eigenvalue weighted by Crippen LogP contribution is -2.06. The van der Waals surface area contributed by atoms with Gasteiger partial charge in [0.1, 0.15) is 5.75 Å². The van der Waals surface area contributed by atoms with E-state index in [1.807, 2.05) is 32.0 Å². The SMILES string of the molecule is Cc1ccc(C(C)Nc2ccc(Cl)c(Cl)c2)c(O)c1. The van der Waals surface area contributed by atoms with Gasteiger partial charge >= 0.3 is 0 Å². The van der Waals surface area contributed by atoms with Crippen LogP contribution in [0, 0.1) is 6.92 Å². The Kier molecular flexibility index (Phi) is 4.23. The van der Waals surface area contributed by atoms with Gasteiger partial charge in [0.2, 0.25) is 0 Å². The Balaban J connectivity index is 2.20. The molecule has 0 aliphatic rings. The molecule has 0 saturated carbocycles. The summed E-state index contributed by atoms with van der Waals surface area (Å²) in [6.45, 7) is 3.92. The summed E-state index contributed by atoms with van der Waals surface area (Å²) in [5.74, 6) is 0.292. The summed E-state index contributed by atoms with van der Waals surface area (Å²) in [6, 6.07) is 11.0. The minimum absolute atomic E-state index is 0.0298. The zero-order valence-electron chi connectivity index (χ0n) is 10.7. The topological polar surface area (TPSA) is 32.3 Å². The maximum atomic E-state index is 9.95. The molecule has 1 unspecified atom stereocenters. The van der Waals surface area contributed by atoms with E-state index < -0.39 is 0 Å². The maximum absolute atomic E-state index is 9.95. The number of hydrogen-bond donors (Lipinski definition) is 2. The second-order valence-electron chi connectivity index (χ2n) is 4.56. The molecule has 19 heavy (non-hydrogen) atoms. The van der Waals surface area contributed by atoms with Crippen LogP contribution in [0.4, 0.5) is 5.69 Å². The van der Waals surface area contributed by atoms with E-state index in [4.69, 9.17) is 23.2 Å². The second kappa shape index (κ2) is 5.72. The zero-order valence-corrected chi connectivity index (χ0v) is 12.3. The smallest absolute Gasteiger partial charge is 0.121 e. The van der Waals surface area contributed by atoms with E-state index in [9.17, 15) is 5.11 Å². The molecular formula is C15H15Cl2NO. The van der Waals surface area contributed by atoms with Crippen LogP contribution in [0.5, 0.6) is 5.75 Å². The average Bonchev–Trinajstić information content (AvgIpc) is 2.33. The Morgan fingerprint density at radius 3 is 2.42 bits per heavy atom. The molecule has 4 heteroatoms. The van der Waals surface area contributed by atoms with Gasteiger partial charge in [-0.15, -0.1) is 0 Å². The fraction of sp³-hybridized carbons (Fsp3) is 0.200. The predicted molar refractivity (Wildman–Crippen MR) is 81.3 cm³/mol. The first kappa shape index (κ1) is 14.0. The molecule has 2 rings (SSSR count). The first-order valence-corrected chi connectivity index (χ1v) is 6.74. The number of phenolic OH excluding ortho intramolecular Hbond substituents is 1. The number of aryl methyl sites for hydroxylation is 1. The van der Waals surface area contributed by atoms with Crippen LogP contribution in [0.25, 0.3) is 0 Å². The summed E-state index contributed by atoms with van der Waals surface area (Å²) in [5.41, 5.74) is 2.74. The molecule has 0 saturated heterocycles. The third kappa shape index (κ3) is 3.34. The monoisotopic (exact) mass is 295 g/mol. The first-order valence-electron chi connectivity index (χ1n) is 5.98. The van der Waals surface area contributed by atoms with E-state index in [1.54, 1.807) is 18.2 Å². The number of hydrogen-bond acceptors (Lipinski definition) is 2. The molecule has 2 N–H and O–H groups in total. The molecule has 0 bridgehead atoms. The van der Waals surface area contributed by atoms with Gasteiger partial charge in [0.25, 0.3) is 0 Å². The highest BCUT2D eigenvalue weighted by molar-refractivity contribution is 6.42. The van der Waals surface area contributed by atoms with Crippen molar-refractivity contribution in [1.82, 2.24) is 0 Å². The van der Waals surface area contributed by atoms with E-state index in [1.165, 1.54) is 0 Å². The molecule has 2 aromatic carbocycles. The Bertz CT molecular complexity index is 599. The molecule has 2 nitrogen and oxygen atoms in total. The molecule has 0 aliphatic heterocycles. The number of aromatic hydroxyl groups is 1.